The molecule has 0 fully saturated rings. The van der Waals surface area contributed by atoms with Crippen molar-refractivity contribution in [2.45, 2.75) is 12.3 Å². The molecule has 0 saturated carbocycles. The summed E-state index contributed by atoms with van der Waals surface area (Å²) in [5.41, 5.74) is 2.22. The maximum atomic E-state index is 13.3. The first-order valence-corrected chi connectivity index (χ1v) is 6.71. The zero-order chi connectivity index (χ0) is 13.7. The summed E-state index contributed by atoms with van der Waals surface area (Å²) in [6.45, 7) is 0.812. The van der Waals surface area contributed by atoms with E-state index in [0.29, 0.717) is 0 Å². The lowest BCUT2D eigenvalue weighted by Gasteiger charge is -2.17. The monoisotopic (exact) mass is 277 g/mol. The summed E-state index contributed by atoms with van der Waals surface area (Å²) in [6, 6.07) is 14.6. The highest BCUT2D eigenvalue weighted by Gasteiger charge is 2.12. The van der Waals surface area contributed by atoms with Gasteiger partial charge in [-0.1, -0.05) is 35.9 Å². The van der Waals surface area contributed by atoms with E-state index >= 15 is 0 Å². The van der Waals surface area contributed by atoms with Gasteiger partial charge in [0.2, 0.25) is 0 Å². The van der Waals surface area contributed by atoms with Crippen molar-refractivity contribution in [2.24, 2.45) is 0 Å². The molecule has 1 N–H and O–H groups in total. The summed E-state index contributed by atoms with van der Waals surface area (Å²) in [5.74, 6) is 0.0663. The van der Waals surface area contributed by atoms with Gasteiger partial charge in [0, 0.05) is 17.5 Å². The number of benzene rings is 2. The maximum absolute atomic E-state index is 13.3. The van der Waals surface area contributed by atoms with E-state index in [9.17, 15) is 4.39 Å². The van der Waals surface area contributed by atoms with Crippen LogP contribution in [0.1, 0.15) is 17.0 Å². The van der Waals surface area contributed by atoms with Crippen LogP contribution in [0, 0.1) is 5.82 Å². The zero-order valence-electron chi connectivity index (χ0n) is 10.9. The first kappa shape index (κ1) is 14.0. The highest BCUT2D eigenvalue weighted by atomic mass is 35.5. The summed E-state index contributed by atoms with van der Waals surface area (Å²) in [5, 5.41) is 3.90. The molecule has 2 aromatic carbocycles. The predicted octanol–water partition coefficient (Wildman–Crippen LogP) is 4.02. The van der Waals surface area contributed by atoms with Gasteiger partial charge in [0.05, 0.1) is 0 Å². The second-order valence-corrected chi connectivity index (χ2v) is 5.08. The van der Waals surface area contributed by atoms with Crippen LogP contribution in [0.4, 0.5) is 4.39 Å². The number of halogens is 2. The van der Waals surface area contributed by atoms with Crippen molar-refractivity contribution in [3.05, 3.63) is 70.5 Å². The van der Waals surface area contributed by atoms with Crippen molar-refractivity contribution < 1.29 is 4.39 Å². The fraction of sp³-hybridized carbons (Fsp3) is 0.250. The molecule has 2 aromatic rings. The standard InChI is InChI=1S/C16H17ClFN/c1-19-11-14(13-3-2-4-16(18)10-13)9-12-5-7-15(17)8-6-12/h2-8,10,14,19H,9,11H2,1H3. The van der Waals surface area contributed by atoms with E-state index in [1.807, 2.05) is 37.4 Å². The van der Waals surface area contributed by atoms with Gasteiger partial charge in [-0.05, 0) is 48.9 Å². The van der Waals surface area contributed by atoms with E-state index in [1.165, 1.54) is 11.6 Å². The van der Waals surface area contributed by atoms with Gasteiger partial charge in [0.25, 0.3) is 0 Å². The van der Waals surface area contributed by atoms with Gasteiger partial charge in [0.1, 0.15) is 5.82 Å². The maximum Gasteiger partial charge on any atom is 0.123 e. The van der Waals surface area contributed by atoms with Crippen LogP contribution in [0.2, 0.25) is 5.02 Å². The van der Waals surface area contributed by atoms with Crippen molar-refractivity contribution in [2.75, 3.05) is 13.6 Å². The average Bonchev–Trinajstić information content (AvgIpc) is 2.41. The van der Waals surface area contributed by atoms with Crippen LogP contribution in [0.15, 0.2) is 48.5 Å². The smallest absolute Gasteiger partial charge is 0.123 e. The van der Waals surface area contributed by atoms with Crippen LogP contribution < -0.4 is 5.32 Å². The Kier molecular flexibility index (Phi) is 4.94. The Hall–Kier alpha value is -1.38. The lowest BCUT2D eigenvalue weighted by molar-refractivity contribution is 0.601. The van der Waals surface area contributed by atoms with Crippen LogP contribution in [-0.2, 0) is 6.42 Å². The minimum Gasteiger partial charge on any atom is -0.319 e. The van der Waals surface area contributed by atoms with Crippen LogP contribution in [-0.4, -0.2) is 13.6 Å². The molecule has 1 atom stereocenters. The van der Waals surface area contributed by atoms with Gasteiger partial charge < -0.3 is 5.32 Å². The van der Waals surface area contributed by atoms with Gasteiger partial charge in [-0.25, -0.2) is 4.39 Å². The highest BCUT2D eigenvalue weighted by molar-refractivity contribution is 6.30. The summed E-state index contributed by atoms with van der Waals surface area (Å²) >= 11 is 5.89. The van der Waals surface area contributed by atoms with E-state index in [1.54, 1.807) is 12.1 Å². The number of nitrogens with one attached hydrogen (secondary N) is 1. The average molecular weight is 278 g/mol. The molecule has 2 rings (SSSR count). The molecule has 0 heterocycles. The van der Waals surface area contributed by atoms with E-state index in [2.05, 4.69) is 5.32 Å². The van der Waals surface area contributed by atoms with E-state index in [-0.39, 0.29) is 11.7 Å². The molecule has 0 spiro atoms. The minimum atomic E-state index is -0.185. The van der Waals surface area contributed by atoms with Crippen molar-refractivity contribution in [1.82, 2.24) is 5.32 Å². The van der Waals surface area contributed by atoms with Gasteiger partial charge in [-0.3, -0.25) is 0 Å². The Bertz CT molecular complexity index is 525. The molecule has 1 unspecified atom stereocenters. The highest BCUT2D eigenvalue weighted by Crippen LogP contribution is 2.22. The van der Waals surface area contributed by atoms with Crippen molar-refractivity contribution in [3.63, 3.8) is 0 Å². The Labute approximate surface area is 118 Å². The molecule has 1 nitrogen and oxygen atoms in total. The second kappa shape index (κ2) is 6.69. The summed E-state index contributed by atoms with van der Waals surface area (Å²) in [4.78, 5) is 0. The zero-order valence-corrected chi connectivity index (χ0v) is 11.6. The topological polar surface area (TPSA) is 12.0 Å². The molecule has 0 aromatic heterocycles. The third-order valence-corrected chi connectivity index (χ3v) is 3.42. The molecule has 0 saturated heterocycles. The molecule has 0 radical (unpaired) electrons. The molecule has 0 amide bonds. The van der Waals surface area contributed by atoms with E-state index in [4.69, 9.17) is 11.6 Å². The molecule has 0 aliphatic rings. The largest absolute Gasteiger partial charge is 0.319 e. The number of likely N-dealkylation sites (N-methyl/N-ethyl adjacent to an activating group) is 1. The normalized spacial score (nSPS) is 12.4. The van der Waals surface area contributed by atoms with Crippen molar-refractivity contribution in [3.8, 4) is 0 Å². The van der Waals surface area contributed by atoms with Gasteiger partial charge >= 0.3 is 0 Å². The molecule has 3 heteroatoms. The summed E-state index contributed by atoms with van der Waals surface area (Å²) in [6.07, 6.45) is 0.863. The third-order valence-electron chi connectivity index (χ3n) is 3.17. The molecule has 0 aliphatic carbocycles. The number of rotatable bonds is 5. The summed E-state index contributed by atoms with van der Waals surface area (Å²) < 4.78 is 13.3. The number of hydrogen-bond acceptors (Lipinski definition) is 1. The van der Waals surface area contributed by atoms with Crippen LogP contribution in [0.25, 0.3) is 0 Å². The molecule has 0 aliphatic heterocycles. The molecule has 0 bridgehead atoms. The third kappa shape index (κ3) is 4.05. The Morgan fingerprint density at radius 1 is 1.16 bits per heavy atom. The predicted molar refractivity (Wildman–Crippen MR) is 78.2 cm³/mol. The van der Waals surface area contributed by atoms with E-state index < -0.39 is 0 Å². The molecule has 100 valence electrons. The Morgan fingerprint density at radius 2 is 1.89 bits per heavy atom. The Morgan fingerprint density at radius 3 is 2.53 bits per heavy atom. The van der Waals surface area contributed by atoms with Crippen LogP contribution in [0.5, 0.6) is 0 Å². The van der Waals surface area contributed by atoms with Crippen molar-refractivity contribution >= 4 is 11.6 Å². The SMILES string of the molecule is CNCC(Cc1ccc(Cl)cc1)c1cccc(F)c1. The molecular formula is C16H17ClFN. The molecule has 19 heavy (non-hydrogen) atoms. The minimum absolute atomic E-state index is 0.185. The van der Waals surface area contributed by atoms with Gasteiger partial charge in [-0.2, -0.15) is 0 Å². The quantitative estimate of drug-likeness (QED) is 0.870. The fourth-order valence-electron chi connectivity index (χ4n) is 2.22. The fourth-order valence-corrected chi connectivity index (χ4v) is 2.35. The van der Waals surface area contributed by atoms with Crippen LogP contribution in [0.3, 0.4) is 0 Å². The van der Waals surface area contributed by atoms with Crippen LogP contribution >= 0.6 is 11.6 Å². The first-order chi connectivity index (χ1) is 9.19. The lowest BCUT2D eigenvalue weighted by atomic mass is 9.92. The second-order valence-electron chi connectivity index (χ2n) is 4.64. The molecular weight excluding hydrogens is 261 g/mol. The van der Waals surface area contributed by atoms with E-state index in [0.717, 1.165) is 23.6 Å². The van der Waals surface area contributed by atoms with Crippen molar-refractivity contribution in [1.29, 1.82) is 0 Å². The lowest BCUT2D eigenvalue weighted by Crippen LogP contribution is -2.19. The Balaban J connectivity index is 2.18. The summed E-state index contributed by atoms with van der Waals surface area (Å²) in [7, 11) is 1.91. The number of hydrogen-bond donors (Lipinski definition) is 1. The first-order valence-electron chi connectivity index (χ1n) is 6.33. The van der Waals surface area contributed by atoms with Gasteiger partial charge in [0.15, 0.2) is 0 Å². The van der Waals surface area contributed by atoms with Gasteiger partial charge in [-0.15, -0.1) is 0 Å².